The number of anilines is 1. The second-order valence-electron chi connectivity index (χ2n) is 4.59. The fourth-order valence-electron chi connectivity index (χ4n) is 2.07. The maximum Gasteiger partial charge on any atom is 0.263 e. The van der Waals surface area contributed by atoms with Crippen LogP contribution in [0, 0.1) is 6.92 Å². The van der Waals surface area contributed by atoms with E-state index in [1.807, 2.05) is 6.92 Å². The molecule has 7 heteroatoms. The number of aromatic amines is 1. The van der Waals surface area contributed by atoms with Crippen LogP contribution in [-0.4, -0.2) is 18.4 Å². The number of nitrogens with one attached hydrogen (secondary N) is 2. The van der Waals surface area contributed by atoms with Crippen molar-refractivity contribution in [1.82, 2.24) is 9.97 Å². The molecule has 108 valence electrons. The number of aromatic nitrogens is 2. The average molecular weight is 366 g/mol. The van der Waals surface area contributed by atoms with Gasteiger partial charge in [0, 0.05) is 4.47 Å². The molecular formula is C14H12BrN3O2S. The third-order valence-electron chi connectivity index (χ3n) is 2.98. The van der Waals surface area contributed by atoms with E-state index < -0.39 is 10.0 Å². The van der Waals surface area contributed by atoms with Gasteiger partial charge in [-0.3, -0.25) is 4.72 Å². The molecule has 0 unspecified atom stereocenters. The monoisotopic (exact) mass is 365 g/mol. The van der Waals surface area contributed by atoms with Crippen molar-refractivity contribution < 1.29 is 8.42 Å². The molecule has 2 aromatic carbocycles. The van der Waals surface area contributed by atoms with Crippen LogP contribution in [0.2, 0.25) is 0 Å². The van der Waals surface area contributed by atoms with Gasteiger partial charge in [0.2, 0.25) is 0 Å². The molecule has 21 heavy (non-hydrogen) atoms. The first-order valence-electron chi connectivity index (χ1n) is 6.19. The zero-order valence-corrected chi connectivity index (χ0v) is 13.5. The summed E-state index contributed by atoms with van der Waals surface area (Å²) in [5.41, 5.74) is 2.08. The van der Waals surface area contributed by atoms with Crippen LogP contribution in [0.1, 0.15) is 5.82 Å². The van der Waals surface area contributed by atoms with Crippen LogP contribution in [-0.2, 0) is 10.0 Å². The molecule has 3 aromatic rings. The number of hydrogen-bond acceptors (Lipinski definition) is 3. The molecule has 2 N–H and O–H groups in total. The van der Waals surface area contributed by atoms with Crippen LogP contribution in [0.3, 0.4) is 0 Å². The van der Waals surface area contributed by atoms with E-state index in [1.165, 1.54) is 0 Å². The second-order valence-corrected chi connectivity index (χ2v) is 7.10. The van der Waals surface area contributed by atoms with Gasteiger partial charge in [-0.25, -0.2) is 13.4 Å². The fourth-order valence-corrected chi connectivity index (χ4v) is 4.13. The number of sulfonamides is 1. The SMILES string of the molecule is Cc1nc2ccc(NS(=O)(=O)c3ccccc3Br)cc2[nH]1. The summed E-state index contributed by atoms with van der Waals surface area (Å²) in [6, 6.07) is 11.9. The van der Waals surface area contributed by atoms with Crippen molar-refractivity contribution in [3.63, 3.8) is 0 Å². The van der Waals surface area contributed by atoms with Crippen LogP contribution in [0.15, 0.2) is 51.8 Å². The molecule has 0 saturated carbocycles. The van der Waals surface area contributed by atoms with E-state index in [9.17, 15) is 8.42 Å². The highest BCUT2D eigenvalue weighted by Crippen LogP contribution is 2.25. The highest BCUT2D eigenvalue weighted by molar-refractivity contribution is 9.10. The number of H-pyrrole nitrogens is 1. The van der Waals surface area contributed by atoms with Crippen LogP contribution < -0.4 is 4.72 Å². The molecule has 0 bridgehead atoms. The summed E-state index contributed by atoms with van der Waals surface area (Å²) in [6.45, 7) is 1.85. The molecule has 5 nitrogen and oxygen atoms in total. The van der Waals surface area contributed by atoms with Gasteiger partial charge in [0.1, 0.15) is 10.7 Å². The third kappa shape index (κ3) is 2.79. The summed E-state index contributed by atoms with van der Waals surface area (Å²) in [6.07, 6.45) is 0. The smallest absolute Gasteiger partial charge is 0.263 e. The number of benzene rings is 2. The maximum absolute atomic E-state index is 12.4. The molecule has 0 aliphatic carbocycles. The lowest BCUT2D eigenvalue weighted by Crippen LogP contribution is -2.13. The van der Waals surface area contributed by atoms with Crippen molar-refractivity contribution in [3.05, 3.63) is 52.8 Å². The molecular weight excluding hydrogens is 354 g/mol. The van der Waals surface area contributed by atoms with Crippen molar-refractivity contribution in [2.24, 2.45) is 0 Å². The Kier molecular flexibility index (Phi) is 3.46. The average Bonchev–Trinajstić information content (AvgIpc) is 2.78. The van der Waals surface area contributed by atoms with Gasteiger partial charge in [-0.1, -0.05) is 12.1 Å². The van der Waals surface area contributed by atoms with Gasteiger partial charge in [-0.05, 0) is 53.2 Å². The molecule has 0 radical (unpaired) electrons. The quantitative estimate of drug-likeness (QED) is 0.746. The molecule has 0 aliphatic rings. The minimum atomic E-state index is -3.64. The first kappa shape index (κ1) is 14.1. The largest absolute Gasteiger partial charge is 0.342 e. The minimum Gasteiger partial charge on any atom is -0.342 e. The Morgan fingerprint density at radius 3 is 2.71 bits per heavy atom. The number of nitrogens with zero attached hydrogens (tertiary/aromatic N) is 1. The molecule has 0 amide bonds. The number of halogens is 1. The number of fused-ring (bicyclic) bond motifs is 1. The maximum atomic E-state index is 12.4. The molecule has 1 aromatic heterocycles. The van der Waals surface area contributed by atoms with Gasteiger partial charge in [-0.2, -0.15) is 0 Å². The normalized spacial score (nSPS) is 11.7. The number of imidazole rings is 1. The highest BCUT2D eigenvalue weighted by atomic mass is 79.9. The summed E-state index contributed by atoms with van der Waals surface area (Å²) in [7, 11) is -3.64. The Morgan fingerprint density at radius 2 is 1.95 bits per heavy atom. The Morgan fingerprint density at radius 1 is 1.19 bits per heavy atom. The summed E-state index contributed by atoms with van der Waals surface area (Å²) >= 11 is 3.25. The zero-order chi connectivity index (χ0) is 15.0. The van der Waals surface area contributed by atoms with E-state index in [2.05, 4.69) is 30.6 Å². The Bertz CT molecular complexity index is 919. The third-order valence-corrected chi connectivity index (χ3v) is 5.37. The van der Waals surface area contributed by atoms with Gasteiger partial charge < -0.3 is 4.98 Å². The van der Waals surface area contributed by atoms with E-state index in [0.717, 1.165) is 16.9 Å². The first-order valence-corrected chi connectivity index (χ1v) is 8.47. The number of aryl methyl sites for hydroxylation is 1. The number of rotatable bonds is 3. The standard InChI is InChI=1S/C14H12BrN3O2S/c1-9-16-12-7-6-10(8-13(12)17-9)18-21(19,20)14-5-3-2-4-11(14)15/h2-8,18H,1H3,(H,16,17). The predicted molar refractivity (Wildman–Crippen MR) is 85.8 cm³/mol. The molecule has 0 saturated heterocycles. The van der Waals surface area contributed by atoms with Gasteiger partial charge in [0.05, 0.1) is 16.7 Å². The van der Waals surface area contributed by atoms with Crippen molar-refractivity contribution in [2.75, 3.05) is 4.72 Å². The van der Waals surface area contributed by atoms with Gasteiger partial charge in [0.15, 0.2) is 0 Å². The topological polar surface area (TPSA) is 74.8 Å². The van der Waals surface area contributed by atoms with Gasteiger partial charge >= 0.3 is 0 Å². The summed E-state index contributed by atoms with van der Waals surface area (Å²) in [5.74, 6) is 0.788. The first-order chi connectivity index (χ1) is 9.95. The Hall–Kier alpha value is -1.86. The van der Waals surface area contributed by atoms with Crippen molar-refractivity contribution in [1.29, 1.82) is 0 Å². The van der Waals surface area contributed by atoms with Crippen molar-refractivity contribution in [2.45, 2.75) is 11.8 Å². The Balaban J connectivity index is 1.99. The highest BCUT2D eigenvalue weighted by Gasteiger charge is 2.17. The lowest BCUT2D eigenvalue weighted by Gasteiger charge is -2.09. The van der Waals surface area contributed by atoms with Gasteiger partial charge in [0.25, 0.3) is 10.0 Å². The van der Waals surface area contributed by atoms with Crippen LogP contribution in [0.5, 0.6) is 0 Å². The van der Waals surface area contributed by atoms with Crippen LogP contribution >= 0.6 is 15.9 Å². The van der Waals surface area contributed by atoms with E-state index in [4.69, 9.17) is 0 Å². The van der Waals surface area contributed by atoms with Crippen molar-refractivity contribution in [3.8, 4) is 0 Å². The second kappa shape index (κ2) is 5.16. The van der Waals surface area contributed by atoms with E-state index in [0.29, 0.717) is 10.2 Å². The molecule has 3 rings (SSSR count). The summed E-state index contributed by atoms with van der Waals surface area (Å²) < 4.78 is 27.9. The molecule has 0 aliphatic heterocycles. The predicted octanol–water partition coefficient (Wildman–Crippen LogP) is 3.43. The molecule has 1 heterocycles. The van der Waals surface area contributed by atoms with Gasteiger partial charge in [-0.15, -0.1) is 0 Å². The minimum absolute atomic E-state index is 0.200. The fraction of sp³-hybridized carbons (Fsp3) is 0.0714. The Labute approximate surface area is 130 Å². The lowest BCUT2D eigenvalue weighted by atomic mass is 10.3. The van der Waals surface area contributed by atoms with Crippen LogP contribution in [0.25, 0.3) is 11.0 Å². The molecule has 0 fully saturated rings. The van der Waals surface area contributed by atoms with Crippen LogP contribution in [0.4, 0.5) is 5.69 Å². The summed E-state index contributed by atoms with van der Waals surface area (Å²) in [4.78, 5) is 7.56. The lowest BCUT2D eigenvalue weighted by molar-refractivity contribution is 0.601. The van der Waals surface area contributed by atoms with E-state index >= 15 is 0 Å². The number of hydrogen-bond donors (Lipinski definition) is 2. The van der Waals surface area contributed by atoms with E-state index in [1.54, 1.807) is 42.5 Å². The summed E-state index contributed by atoms with van der Waals surface area (Å²) in [5, 5.41) is 0. The van der Waals surface area contributed by atoms with Crippen molar-refractivity contribution >= 4 is 42.7 Å². The molecule has 0 atom stereocenters. The zero-order valence-electron chi connectivity index (χ0n) is 11.1. The van der Waals surface area contributed by atoms with E-state index in [-0.39, 0.29) is 4.90 Å². The molecule has 0 spiro atoms.